The van der Waals surface area contributed by atoms with Crippen LogP contribution in [0, 0.1) is 0 Å². The molecule has 6 nitrogen and oxygen atoms in total. The van der Waals surface area contributed by atoms with Gasteiger partial charge in [-0.15, -0.1) is 0 Å². The Bertz CT molecular complexity index is 836. The lowest BCUT2D eigenvalue weighted by Gasteiger charge is -2.41. The van der Waals surface area contributed by atoms with Gasteiger partial charge in [0.2, 0.25) is 0 Å². The SMILES string of the molecule is CCOC(=O)C1(C(=O)OCC)Oc2ccccc2NC1c1cccc(Cl)c1. The maximum absolute atomic E-state index is 13.0. The molecular formula is C20H20ClNO5. The van der Waals surface area contributed by atoms with Crippen molar-refractivity contribution in [2.24, 2.45) is 0 Å². The molecule has 0 saturated carbocycles. The fourth-order valence-corrected chi connectivity index (χ4v) is 3.25. The average molecular weight is 390 g/mol. The van der Waals surface area contributed by atoms with Crippen LogP contribution in [0.25, 0.3) is 0 Å². The molecule has 1 aliphatic heterocycles. The lowest BCUT2D eigenvalue weighted by molar-refractivity contribution is -0.182. The van der Waals surface area contributed by atoms with E-state index in [9.17, 15) is 9.59 Å². The van der Waals surface area contributed by atoms with Crippen molar-refractivity contribution in [3.8, 4) is 5.75 Å². The summed E-state index contributed by atoms with van der Waals surface area (Å²) in [5.74, 6) is -1.29. The van der Waals surface area contributed by atoms with Crippen LogP contribution in [0.3, 0.4) is 0 Å². The lowest BCUT2D eigenvalue weighted by atomic mass is 9.86. The molecule has 1 atom stereocenters. The van der Waals surface area contributed by atoms with Crippen LogP contribution in [0.4, 0.5) is 5.69 Å². The maximum Gasteiger partial charge on any atom is 0.365 e. The van der Waals surface area contributed by atoms with Crippen molar-refractivity contribution in [3.05, 3.63) is 59.1 Å². The summed E-state index contributed by atoms with van der Waals surface area (Å²) in [6.45, 7) is 3.51. The first kappa shape index (κ1) is 19.0. The molecule has 0 aliphatic carbocycles. The van der Waals surface area contributed by atoms with Crippen LogP contribution in [0.2, 0.25) is 5.02 Å². The number of carbonyl (C=O) groups is 2. The number of ether oxygens (including phenoxy) is 3. The molecule has 7 heteroatoms. The Morgan fingerprint density at radius 1 is 1.07 bits per heavy atom. The Labute approximate surface area is 162 Å². The van der Waals surface area contributed by atoms with Gasteiger partial charge in [-0.25, -0.2) is 9.59 Å². The number of anilines is 1. The van der Waals surface area contributed by atoms with Crippen molar-refractivity contribution >= 4 is 29.2 Å². The lowest BCUT2D eigenvalue weighted by Crippen LogP contribution is -2.61. The van der Waals surface area contributed by atoms with E-state index in [1.54, 1.807) is 56.3 Å². The number of fused-ring (bicyclic) bond motifs is 1. The number of para-hydroxylation sites is 2. The zero-order valence-electron chi connectivity index (χ0n) is 15.0. The second kappa shape index (κ2) is 7.88. The molecule has 1 heterocycles. The molecular weight excluding hydrogens is 370 g/mol. The predicted molar refractivity (Wildman–Crippen MR) is 101 cm³/mol. The second-order valence-electron chi connectivity index (χ2n) is 5.91. The van der Waals surface area contributed by atoms with Gasteiger partial charge in [-0.1, -0.05) is 35.9 Å². The number of benzene rings is 2. The van der Waals surface area contributed by atoms with Gasteiger partial charge in [-0.2, -0.15) is 0 Å². The van der Waals surface area contributed by atoms with Gasteiger partial charge >= 0.3 is 17.5 Å². The molecule has 0 aromatic heterocycles. The van der Waals surface area contributed by atoms with Crippen LogP contribution in [0.1, 0.15) is 25.5 Å². The van der Waals surface area contributed by atoms with Gasteiger partial charge < -0.3 is 19.5 Å². The van der Waals surface area contributed by atoms with Crippen LogP contribution in [-0.4, -0.2) is 30.8 Å². The first-order valence-electron chi connectivity index (χ1n) is 8.67. The van der Waals surface area contributed by atoms with E-state index in [0.29, 0.717) is 22.0 Å². The molecule has 2 aromatic rings. The van der Waals surface area contributed by atoms with Gasteiger partial charge in [0, 0.05) is 5.02 Å². The zero-order chi connectivity index (χ0) is 19.4. The zero-order valence-corrected chi connectivity index (χ0v) is 15.8. The third-order valence-corrected chi connectivity index (χ3v) is 4.44. The van der Waals surface area contributed by atoms with E-state index >= 15 is 0 Å². The normalized spacial score (nSPS) is 17.1. The molecule has 3 rings (SSSR count). The topological polar surface area (TPSA) is 73.9 Å². The van der Waals surface area contributed by atoms with Crippen LogP contribution in [0.15, 0.2) is 48.5 Å². The molecule has 2 aromatic carbocycles. The molecule has 0 radical (unpaired) electrons. The molecule has 0 saturated heterocycles. The minimum Gasteiger partial charge on any atom is -0.462 e. The standard InChI is InChI=1S/C20H20ClNO5/c1-3-25-18(23)20(19(24)26-4-2)17(13-8-7-9-14(21)12-13)22-15-10-5-6-11-16(15)27-20/h5-12,17,22H,3-4H2,1-2H3. The Hall–Kier alpha value is -2.73. The van der Waals surface area contributed by atoms with E-state index in [1.807, 2.05) is 6.07 Å². The van der Waals surface area contributed by atoms with Gasteiger partial charge in [-0.3, -0.25) is 0 Å². The summed E-state index contributed by atoms with van der Waals surface area (Å²) in [5, 5.41) is 3.69. The Morgan fingerprint density at radius 3 is 2.37 bits per heavy atom. The largest absolute Gasteiger partial charge is 0.462 e. The quantitative estimate of drug-likeness (QED) is 0.620. The molecule has 1 aliphatic rings. The number of rotatable bonds is 5. The predicted octanol–water partition coefficient (Wildman–Crippen LogP) is 3.75. The minimum atomic E-state index is -2.04. The molecule has 0 amide bonds. The van der Waals surface area contributed by atoms with Crippen molar-refractivity contribution in [3.63, 3.8) is 0 Å². The van der Waals surface area contributed by atoms with Crippen LogP contribution in [-0.2, 0) is 19.1 Å². The van der Waals surface area contributed by atoms with E-state index < -0.39 is 23.6 Å². The van der Waals surface area contributed by atoms with Gasteiger partial charge in [0.25, 0.3) is 0 Å². The summed E-state index contributed by atoms with van der Waals surface area (Å²) < 4.78 is 16.4. The number of esters is 2. The summed E-state index contributed by atoms with van der Waals surface area (Å²) >= 11 is 6.14. The molecule has 142 valence electrons. The third kappa shape index (κ3) is 3.45. The van der Waals surface area contributed by atoms with Gasteiger partial charge in [0.15, 0.2) is 0 Å². The van der Waals surface area contributed by atoms with Crippen LogP contribution >= 0.6 is 11.6 Å². The van der Waals surface area contributed by atoms with E-state index in [1.165, 1.54) is 0 Å². The van der Waals surface area contributed by atoms with Crippen molar-refractivity contribution in [2.75, 3.05) is 18.5 Å². The van der Waals surface area contributed by atoms with Gasteiger partial charge in [-0.05, 0) is 43.7 Å². The first-order valence-corrected chi connectivity index (χ1v) is 9.05. The number of hydrogen-bond donors (Lipinski definition) is 1. The van der Waals surface area contributed by atoms with E-state index in [4.69, 9.17) is 25.8 Å². The summed E-state index contributed by atoms with van der Waals surface area (Å²) in [6.07, 6.45) is 0. The van der Waals surface area contributed by atoms with E-state index in [2.05, 4.69) is 5.32 Å². The summed E-state index contributed by atoms with van der Waals surface area (Å²) in [5.41, 5.74) is -0.796. The molecule has 0 spiro atoms. The summed E-state index contributed by atoms with van der Waals surface area (Å²) in [7, 11) is 0. The highest BCUT2D eigenvalue weighted by Gasteiger charge is 2.61. The highest BCUT2D eigenvalue weighted by Crippen LogP contribution is 2.44. The van der Waals surface area contributed by atoms with Crippen molar-refractivity contribution in [2.45, 2.75) is 25.5 Å². The van der Waals surface area contributed by atoms with Crippen LogP contribution < -0.4 is 10.1 Å². The van der Waals surface area contributed by atoms with Crippen molar-refractivity contribution < 1.29 is 23.8 Å². The van der Waals surface area contributed by atoms with Gasteiger partial charge in [0.1, 0.15) is 11.8 Å². The first-order chi connectivity index (χ1) is 13.0. The monoisotopic (exact) mass is 389 g/mol. The average Bonchev–Trinajstić information content (AvgIpc) is 2.67. The molecule has 1 unspecified atom stereocenters. The van der Waals surface area contributed by atoms with Crippen molar-refractivity contribution in [1.82, 2.24) is 0 Å². The summed E-state index contributed by atoms with van der Waals surface area (Å²) in [4.78, 5) is 26.0. The molecule has 0 fully saturated rings. The van der Waals surface area contributed by atoms with Crippen LogP contribution in [0.5, 0.6) is 5.75 Å². The smallest absolute Gasteiger partial charge is 0.365 e. The Balaban J connectivity index is 2.20. The highest BCUT2D eigenvalue weighted by atomic mass is 35.5. The van der Waals surface area contributed by atoms with E-state index in [0.717, 1.165) is 0 Å². The Kier molecular flexibility index (Phi) is 5.56. The molecule has 0 bridgehead atoms. The van der Waals surface area contributed by atoms with Gasteiger partial charge in [0.05, 0.1) is 18.9 Å². The maximum atomic E-state index is 13.0. The number of halogens is 1. The molecule has 1 N–H and O–H groups in total. The number of carbonyl (C=O) groups excluding carboxylic acids is 2. The third-order valence-electron chi connectivity index (χ3n) is 4.20. The highest BCUT2D eigenvalue weighted by molar-refractivity contribution is 6.30. The Morgan fingerprint density at radius 2 is 1.74 bits per heavy atom. The van der Waals surface area contributed by atoms with E-state index in [-0.39, 0.29) is 13.2 Å². The minimum absolute atomic E-state index is 0.0905. The fraction of sp³-hybridized carbons (Fsp3) is 0.300. The molecule has 27 heavy (non-hydrogen) atoms. The number of hydrogen-bond acceptors (Lipinski definition) is 6. The summed E-state index contributed by atoms with van der Waals surface area (Å²) in [6, 6.07) is 13.0. The second-order valence-corrected chi connectivity index (χ2v) is 6.34. The number of nitrogens with one attached hydrogen (secondary N) is 1. The van der Waals surface area contributed by atoms with Crippen molar-refractivity contribution in [1.29, 1.82) is 0 Å². The fourth-order valence-electron chi connectivity index (χ4n) is 3.05.